The van der Waals surface area contributed by atoms with Gasteiger partial charge in [0.25, 0.3) is 0 Å². The lowest BCUT2D eigenvalue weighted by Gasteiger charge is -2.05. The van der Waals surface area contributed by atoms with Crippen LogP contribution in [0.1, 0.15) is 22.8 Å². The summed E-state index contributed by atoms with van der Waals surface area (Å²) in [5.41, 5.74) is 6.43. The lowest BCUT2D eigenvalue weighted by Crippen LogP contribution is -1.95. The first-order valence-electron chi connectivity index (χ1n) is 7.31. The monoisotopic (exact) mass is 292 g/mol. The van der Waals surface area contributed by atoms with Gasteiger partial charge in [0.15, 0.2) is 0 Å². The number of fused-ring (bicyclic) bond motifs is 1. The van der Waals surface area contributed by atoms with Crippen molar-refractivity contribution in [3.63, 3.8) is 0 Å². The van der Waals surface area contributed by atoms with Crippen molar-refractivity contribution in [1.82, 2.24) is 19.5 Å². The summed E-state index contributed by atoms with van der Waals surface area (Å²) < 4.78 is 2.11. The van der Waals surface area contributed by atoms with Gasteiger partial charge in [-0.2, -0.15) is 0 Å². The van der Waals surface area contributed by atoms with Gasteiger partial charge < -0.3 is 9.55 Å². The lowest BCUT2D eigenvalue weighted by molar-refractivity contribution is 0.912. The number of benzene rings is 1. The first-order chi connectivity index (χ1) is 10.5. The molecule has 0 radical (unpaired) electrons. The summed E-state index contributed by atoms with van der Waals surface area (Å²) in [6.07, 6.45) is 5.74. The normalized spacial score (nSPS) is 11.6. The SMILES string of the molecule is C=C/C=C\c1c(C)nc(-c2cc(C)c3nc(C)[nH]c3c2)n1C. The topological polar surface area (TPSA) is 46.5 Å². The highest BCUT2D eigenvalue weighted by Crippen LogP contribution is 2.27. The summed E-state index contributed by atoms with van der Waals surface area (Å²) in [6, 6.07) is 4.26. The van der Waals surface area contributed by atoms with Crippen molar-refractivity contribution < 1.29 is 0 Å². The predicted molar refractivity (Wildman–Crippen MR) is 91.7 cm³/mol. The van der Waals surface area contributed by atoms with E-state index in [0.717, 1.165) is 45.2 Å². The van der Waals surface area contributed by atoms with Gasteiger partial charge in [-0.25, -0.2) is 9.97 Å². The van der Waals surface area contributed by atoms with Crippen LogP contribution in [-0.2, 0) is 7.05 Å². The van der Waals surface area contributed by atoms with E-state index in [9.17, 15) is 0 Å². The smallest absolute Gasteiger partial charge is 0.140 e. The Morgan fingerprint density at radius 1 is 1.18 bits per heavy atom. The van der Waals surface area contributed by atoms with Crippen LogP contribution in [0.2, 0.25) is 0 Å². The van der Waals surface area contributed by atoms with Crippen LogP contribution in [-0.4, -0.2) is 19.5 Å². The van der Waals surface area contributed by atoms with Crippen LogP contribution in [0.3, 0.4) is 0 Å². The highest BCUT2D eigenvalue weighted by atomic mass is 15.1. The van der Waals surface area contributed by atoms with Gasteiger partial charge in [0.2, 0.25) is 0 Å². The van der Waals surface area contributed by atoms with Crippen molar-refractivity contribution in [3.8, 4) is 11.4 Å². The molecule has 22 heavy (non-hydrogen) atoms. The Morgan fingerprint density at radius 2 is 1.95 bits per heavy atom. The van der Waals surface area contributed by atoms with Crippen LogP contribution in [0.25, 0.3) is 28.5 Å². The van der Waals surface area contributed by atoms with Crippen molar-refractivity contribution in [1.29, 1.82) is 0 Å². The van der Waals surface area contributed by atoms with Crippen molar-refractivity contribution in [3.05, 3.63) is 53.6 Å². The maximum absolute atomic E-state index is 4.73. The maximum atomic E-state index is 4.73. The van der Waals surface area contributed by atoms with Crippen LogP contribution in [0.5, 0.6) is 0 Å². The van der Waals surface area contributed by atoms with Gasteiger partial charge in [0.1, 0.15) is 11.6 Å². The minimum atomic E-state index is 0.931. The number of aromatic amines is 1. The molecule has 2 aromatic heterocycles. The summed E-state index contributed by atoms with van der Waals surface area (Å²) in [6.45, 7) is 9.80. The summed E-state index contributed by atoms with van der Waals surface area (Å²) in [7, 11) is 2.04. The molecular weight excluding hydrogens is 272 g/mol. The number of hydrogen-bond donors (Lipinski definition) is 1. The van der Waals surface area contributed by atoms with E-state index in [-0.39, 0.29) is 0 Å². The van der Waals surface area contributed by atoms with Crippen molar-refractivity contribution in [2.24, 2.45) is 7.05 Å². The Balaban J connectivity index is 2.19. The Kier molecular flexibility index (Phi) is 3.45. The van der Waals surface area contributed by atoms with Crippen LogP contribution >= 0.6 is 0 Å². The number of nitrogens with one attached hydrogen (secondary N) is 1. The van der Waals surface area contributed by atoms with E-state index in [1.807, 2.05) is 33.0 Å². The predicted octanol–water partition coefficient (Wildman–Crippen LogP) is 4.09. The van der Waals surface area contributed by atoms with E-state index in [0.29, 0.717) is 0 Å². The van der Waals surface area contributed by atoms with Crippen molar-refractivity contribution in [2.75, 3.05) is 0 Å². The number of imidazole rings is 2. The third kappa shape index (κ3) is 2.26. The van der Waals surface area contributed by atoms with E-state index >= 15 is 0 Å². The third-order valence-electron chi connectivity index (χ3n) is 3.87. The first kappa shape index (κ1) is 14.3. The molecule has 0 saturated carbocycles. The van der Waals surface area contributed by atoms with Crippen molar-refractivity contribution >= 4 is 17.1 Å². The van der Waals surface area contributed by atoms with Crippen LogP contribution < -0.4 is 0 Å². The fourth-order valence-corrected chi connectivity index (χ4v) is 2.84. The highest BCUT2D eigenvalue weighted by molar-refractivity contribution is 5.84. The summed E-state index contributed by atoms with van der Waals surface area (Å²) >= 11 is 0. The largest absolute Gasteiger partial charge is 0.342 e. The molecular formula is C18H20N4. The first-order valence-corrected chi connectivity index (χ1v) is 7.31. The number of hydrogen-bond acceptors (Lipinski definition) is 2. The molecule has 0 aliphatic heterocycles. The second-order valence-corrected chi connectivity index (χ2v) is 5.57. The molecule has 4 nitrogen and oxygen atoms in total. The average Bonchev–Trinajstić information content (AvgIpc) is 2.97. The number of rotatable bonds is 3. The molecule has 3 rings (SSSR count). The zero-order valence-corrected chi connectivity index (χ0v) is 13.4. The van der Waals surface area contributed by atoms with Gasteiger partial charge in [-0.05, 0) is 44.5 Å². The molecule has 4 heteroatoms. The molecule has 0 atom stereocenters. The average molecular weight is 292 g/mol. The number of aryl methyl sites for hydroxylation is 3. The summed E-state index contributed by atoms with van der Waals surface area (Å²) in [4.78, 5) is 12.6. The zero-order valence-electron chi connectivity index (χ0n) is 13.4. The minimum absolute atomic E-state index is 0.931. The zero-order chi connectivity index (χ0) is 15.9. The summed E-state index contributed by atoms with van der Waals surface area (Å²) in [5, 5.41) is 0. The van der Waals surface area contributed by atoms with Crippen LogP contribution in [0.15, 0.2) is 30.9 Å². The van der Waals surface area contributed by atoms with Gasteiger partial charge in [0.05, 0.1) is 22.4 Å². The lowest BCUT2D eigenvalue weighted by atomic mass is 10.1. The van der Waals surface area contributed by atoms with E-state index in [1.165, 1.54) is 0 Å². The molecule has 0 unspecified atom stereocenters. The molecule has 0 amide bonds. The van der Waals surface area contributed by atoms with Crippen LogP contribution in [0.4, 0.5) is 0 Å². The number of H-pyrrole nitrogens is 1. The van der Waals surface area contributed by atoms with E-state index in [2.05, 4.69) is 40.2 Å². The van der Waals surface area contributed by atoms with Crippen LogP contribution in [0, 0.1) is 20.8 Å². The molecule has 0 spiro atoms. The summed E-state index contributed by atoms with van der Waals surface area (Å²) in [5.74, 6) is 1.89. The van der Waals surface area contributed by atoms with E-state index in [4.69, 9.17) is 4.98 Å². The van der Waals surface area contributed by atoms with Gasteiger partial charge in [-0.15, -0.1) is 0 Å². The third-order valence-corrected chi connectivity index (χ3v) is 3.87. The molecule has 2 heterocycles. The maximum Gasteiger partial charge on any atom is 0.140 e. The quantitative estimate of drug-likeness (QED) is 0.739. The fraction of sp³-hybridized carbons (Fsp3) is 0.222. The molecule has 0 aliphatic carbocycles. The van der Waals surface area contributed by atoms with Gasteiger partial charge in [-0.1, -0.05) is 18.7 Å². The molecule has 0 bridgehead atoms. The Bertz CT molecular complexity index is 894. The standard InChI is InChI=1S/C18H20N4/c1-6-7-8-16-12(3)19-18(22(16)5)14-9-11(2)17-15(10-14)20-13(4)21-17/h6-10H,1H2,2-5H3,(H,20,21)/b8-7-. The Hall–Kier alpha value is -2.62. The van der Waals surface area contributed by atoms with Gasteiger partial charge in [-0.3, -0.25) is 0 Å². The Morgan fingerprint density at radius 3 is 2.68 bits per heavy atom. The Labute approximate surface area is 130 Å². The van der Waals surface area contributed by atoms with Crippen molar-refractivity contribution in [2.45, 2.75) is 20.8 Å². The molecule has 1 aromatic carbocycles. The van der Waals surface area contributed by atoms with Gasteiger partial charge in [0, 0.05) is 12.6 Å². The van der Waals surface area contributed by atoms with E-state index in [1.54, 1.807) is 6.08 Å². The van der Waals surface area contributed by atoms with E-state index < -0.39 is 0 Å². The molecule has 112 valence electrons. The molecule has 1 N–H and O–H groups in total. The molecule has 0 aliphatic rings. The molecule has 0 fully saturated rings. The molecule has 3 aromatic rings. The fourth-order valence-electron chi connectivity index (χ4n) is 2.84. The second-order valence-electron chi connectivity index (χ2n) is 5.57. The number of allylic oxidation sites excluding steroid dienone is 2. The minimum Gasteiger partial charge on any atom is -0.342 e. The number of nitrogens with zero attached hydrogens (tertiary/aromatic N) is 3. The molecule has 0 saturated heterocycles. The highest BCUT2D eigenvalue weighted by Gasteiger charge is 2.13. The second kappa shape index (κ2) is 5.30. The number of aromatic nitrogens is 4. The van der Waals surface area contributed by atoms with Gasteiger partial charge >= 0.3 is 0 Å².